The minimum absolute atomic E-state index is 0.145. The molecule has 6 nitrogen and oxygen atoms in total. The molecule has 0 aromatic carbocycles. The van der Waals surface area contributed by atoms with Crippen molar-refractivity contribution in [2.45, 2.75) is 44.3 Å². The molecule has 1 amide bonds. The van der Waals surface area contributed by atoms with Crippen molar-refractivity contribution in [3.8, 4) is 0 Å². The SMILES string of the molecule is NC1CCC(NC(=O)c2cn(Cc3cccs3)nn2)CC1. The Morgan fingerprint density at radius 3 is 2.95 bits per heavy atom. The molecule has 0 unspecified atom stereocenters. The first-order valence-electron chi connectivity index (χ1n) is 7.19. The predicted octanol–water partition coefficient (Wildman–Crippen LogP) is 1.39. The summed E-state index contributed by atoms with van der Waals surface area (Å²) in [6.45, 7) is 0.649. The van der Waals surface area contributed by atoms with Crippen molar-refractivity contribution >= 4 is 17.2 Å². The Morgan fingerprint density at radius 1 is 1.43 bits per heavy atom. The summed E-state index contributed by atoms with van der Waals surface area (Å²) >= 11 is 1.66. The zero-order chi connectivity index (χ0) is 14.7. The number of amides is 1. The van der Waals surface area contributed by atoms with Gasteiger partial charge in [0.05, 0.1) is 12.7 Å². The molecule has 7 heteroatoms. The van der Waals surface area contributed by atoms with Crippen LogP contribution in [0.15, 0.2) is 23.7 Å². The molecule has 2 aromatic rings. The van der Waals surface area contributed by atoms with Gasteiger partial charge in [-0.1, -0.05) is 11.3 Å². The summed E-state index contributed by atoms with van der Waals surface area (Å²) in [5.41, 5.74) is 6.25. The van der Waals surface area contributed by atoms with Gasteiger partial charge >= 0.3 is 0 Å². The monoisotopic (exact) mass is 305 g/mol. The fraction of sp³-hybridized carbons (Fsp3) is 0.500. The summed E-state index contributed by atoms with van der Waals surface area (Å²) in [7, 11) is 0. The molecule has 1 saturated carbocycles. The van der Waals surface area contributed by atoms with E-state index in [9.17, 15) is 4.79 Å². The molecule has 0 bridgehead atoms. The molecule has 112 valence electrons. The molecule has 2 aromatic heterocycles. The summed E-state index contributed by atoms with van der Waals surface area (Å²) in [4.78, 5) is 13.3. The number of nitrogens with two attached hydrogens (primary N) is 1. The van der Waals surface area contributed by atoms with E-state index in [1.165, 1.54) is 4.88 Å². The standard InChI is InChI=1S/C14H19N5OS/c15-10-3-5-11(6-4-10)16-14(20)13-9-19(18-17-13)8-12-2-1-7-21-12/h1-2,7,9-11H,3-6,8,15H2,(H,16,20). The predicted molar refractivity (Wildman–Crippen MR) is 81.1 cm³/mol. The Morgan fingerprint density at radius 2 is 2.24 bits per heavy atom. The van der Waals surface area contributed by atoms with Gasteiger partial charge in [0.25, 0.3) is 5.91 Å². The van der Waals surface area contributed by atoms with Crippen molar-refractivity contribution in [3.05, 3.63) is 34.3 Å². The van der Waals surface area contributed by atoms with Crippen LogP contribution in [0.25, 0.3) is 0 Å². The number of aromatic nitrogens is 3. The third kappa shape index (κ3) is 3.68. The number of nitrogens with zero attached hydrogens (tertiary/aromatic N) is 3. The number of carbonyl (C=O) groups is 1. The molecule has 0 atom stereocenters. The average Bonchev–Trinajstić information content (AvgIpc) is 3.13. The molecule has 0 radical (unpaired) electrons. The molecule has 0 spiro atoms. The van der Waals surface area contributed by atoms with Gasteiger partial charge in [-0.05, 0) is 37.1 Å². The van der Waals surface area contributed by atoms with Gasteiger partial charge in [0.1, 0.15) is 0 Å². The van der Waals surface area contributed by atoms with E-state index in [2.05, 4.69) is 15.6 Å². The number of hydrogen-bond donors (Lipinski definition) is 2. The lowest BCUT2D eigenvalue weighted by atomic mass is 9.92. The first-order valence-corrected chi connectivity index (χ1v) is 8.07. The van der Waals surface area contributed by atoms with Gasteiger partial charge < -0.3 is 11.1 Å². The third-order valence-corrected chi connectivity index (χ3v) is 4.64. The summed E-state index contributed by atoms with van der Waals surface area (Å²) < 4.78 is 1.69. The molecular formula is C14H19N5OS. The Hall–Kier alpha value is -1.73. The lowest BCUT2D eigenvalue weighted by Crippen LogP contribution is -2.40. The topological polar surface area (TPSA) is 85.8 Å². The van der Waals surface area contributed by atoms with Crippen LogP contribution in [0.4, 0.5) is 0 Å². The molecule has 21 heavy (non-hydrogen) atoms. The van der Waals surface area contributed by atoms with Crippen LogP contribution in [0.5, 0.6) is 0 Å². The molecular weight excluding hydrogens is 286 g/mol. The lowest BCUT2D eigenvalue weighted by Gasteiger charge is -2.26. The maximum absolute atomic E-state index is 12.2. The van der Waals surface area contributed by atoms with Crippen molar-refractivity contribution in [1.29, 1.82) is 0 Å². The number of rotatable bonds is 4. The van der Waals surface area contributed by atoms with E-state index in [1.807, 2.05) is 17.5 Å². The highest BCUT2D eigenvalue weighted by atomic mass is 32.1. The second-order valence-corrected chi connectivity index (χ2v) is 6.50. The van der Waals surface area contributed by atoms with Crippen LogP contribution in [-0.4, -0.2) is 33.0 Å². The first kappa shape index (κ1) is 14.2. The second kappa shape index (κ2) is 6.36. The fourth-order valence-corrected chi connectivity index (χ4v) is 3.26. The summed E-state index contributed by atoms with van der Waals surface area (Å²) in [5.74, 6) is -0.145. The van der Waals surface area contributed by atoms with E-state index in [0.29, 0.717) is 12.2 Å². The molecule has 3 N–H and O–H groups in total. The van der Waals surface area contributed by atoms with Crippen LogP contribution in [0.2, 0.25) is 0 Å². The van der Waals surface area contributed by atoms with Crippen LogP contribution in [0.1, 0.15) is 41.0 Å². The van der Waals surface area contributed by atoms with Crippen LogP contribution >= 0.6 is 11.3 Å². The number of carbonyl (C=O) groups excluding carboxylic acids is 1. The van der Waals surface area contributed by atoms with E-state index in [-0.39, 0.29) is 18.0 Å². The van der Waals surface area contributed by atoms with Gasteiger partial charge in [-0.2, -0.15) is 0 Å². The smallest absolute Gasteiger partial charge is 0.273 e. The molecule has 1 fully saturated rings. The Kier molecular flexibility index (Phi) is 4.31. The van der Waals surface area contributed by atoms with E-state index in [4.69, 9.17) is 5.73 Å². The normalized spacial score (nSPS) is 22.1. The number of nitrogens with one attached hydrogen (secondary N) is 1. The highest BCUT2D eigenvalue weighted by Gasteiger charge is 2.21. The Labute approximate surface area is 127 Å². The van der Waals surface area contributed by atoms with Gasteiger partial charge in [-0.25, -0.2) is 4.68 Å². The van der Waals surface area contributed by atoms with Gasteiger partial charge in [-0.3, -0.25) is 4.79 Å². The number of thiophene rings is 1. The van der Waals surface area contributed by atoms with E-state index >= 15 is 0 Å². The van der Waals surface area contributed by atoms with Crippen LogP contribution in [0.3, 0.4) is 0 Å². The van der Waals surface area contributed by atoms with Crippen LogP contribution in [0, 0.1) is 0 Å². The van der Waals surface area contributed by atoms with Crippen molar-refractivity contribution in [2.75, 3.05) is 0 Å². The van der Waals surface area contributed by atoms with Crippen molar-refractivity contribution in [2.24, 2.45) is 5.73 Å². The van der Waals surface area contributed by atoms with Gasteiger partial charge in [0.2, 0.25) is 0 Å². The van der Waals surface area contributed by atoms with Crippen molar-refractivity contribution in [3.63, 3.8) is 0 Å². The highest BCUT2D eigenvalue weighted by molar-refractivity contribution is 7.09. The van der Waals surface area contributed by atoms with Crippen molar-refractivity contribution < 1.29 is 4.79 Å². The minimum atomic E-state index is -0.145. The molecule has 0 aliphatic heterocycles. The second-order valence-electron chi connectivity index (χ2n) is 5.47. The third-order valence-electron chi connectivity index (χ3n) is 3.78. The molecule has 0 saturated heterocycles. The molecule has 3 rings (SSSR count). The summed E-state index contributed by atoms with van der Waals surface area (Å²) in [5, 5.41) is 13.0. The van der Waals surface area contributed by atoms with E-state index < -0.39 is 0 Å². The molecule has 2 heterocycles. The summed E-state index contributed by atoms with van der Waals surface area (Å²) in [6, 6.07) is 4.53. The fourth-order valence-electron chi connectivity index (χ4n) is 2.56. The van der Waals surface area contributed by atoms with Crippen LogP contribution in [-0.2, 0) is 6.54 Å². The van der Waals surface area contributed by atoms with Gasteiger partial charge in [0.15, 0.2) is 5.69 Å². The summed E-state index contributed by atoms with van der Waals surface area (Å²) in [6.07, 6.45) is 5.52. The van der Waals surface area contributed by atoms with Crippen molar-refractivity contribution in [1.82, 2.24) is 20.3 Å². The maximum Gasteiger partial charge on any atom is 0.273 e. The zero-order valence-electron chi connectivity index (χ0n) is 11.7. The minimum Gasteiger partial charge on any atom is -0.348 e. The lowest BCUT2D eigenvalue weighted by molar-refractivity contribution is 0.0920. The Balaban J connectivity index is 1.56. The Bertz CT molecular complexity index is 586. The zero-order valence-corrected chi connectivity index (χ0v) is 12.6. The van der Waals surface area contributed by atoms with Gasteiger partial charge in [0, 0.05) is 17.0 Å². The molecule has 1 aliphatic rings. The van der Waals surface area contributed by atoms with Crippen LogP contribution < -0.4 is 11.1 Å². The van der Waals surface area contributed by atoms with Gasteiger partial charge in [-0.15, -0.1) is 16.4 Å². The quantitative estimate of drug-likeness (QED) is 0.893. The average molecular weight is 305 g/mol. The largest absolute Gasteiger partial charge is 0.348 e. The molecule has 1 aliphatic carbocycles. The van der Waals surface area contributed by atoms with E-state index in [1.54, 1.807) is 22.2 Å². The van der Waals surface area contributed by atoms with E-state index in [0.717, 1.165) is 25.7 Å². The number of hydrogen-bond acceptors (Lipinski definition) is 5. The first-order chi connectivity index (χ1) is 10.2. The maximum atomic E-state index is 12.2. The highest BCUT2D eigenvalue weighted by Crippen LogP contribution is 2.17.